The van der Waals surface area contributed by atoms with E-state index in [9.17, 15) is 0 Å². The molecule has 0 radical (unpaired) electrons. The topological polar surface area (TPSA) is 25.8 Å². The van der Waals surface area contributed by atoms with Crippen molar-refractivity contribution in [2.45, 2.75) is 19.3 Å². The highest BCUT2D eigenvalue weighted by Gasteiger charge is 2.38. The van der Waals surface area contributed by atoms with E-state index < -0.39 is 0 Å². The zero-order valence-electron chi connectivity index (χ0n) is 28.6. The summed E-state index contributed by atoms with van der Waals surface area (Å²) in [5, 5.41) is 7.86. The molecule has 1 heterocycles. The van der Waals surface area contributed by atoms with E-state index in [0.29, 0.717) is 0 Å². The summed E-state index contributed by atoms with van der Waals surface area (Å²) < 4.78 is 0. The minimum Gasteiger partial charge on any atom is -0.228 e. The molecule has 240 valence electrons. The number of fused-ring (bicyclic) bond motifs is 9. The van der Waals surface area contributed by atoms with Crippen LogP contribution in [0, 0.1) is 0 Å². The van der Waals surface area contributed by atoms with Gasteiger partial charge in [0, 0.05) is 22.1 Å². The van der Waals surface area contributed by atoms with Crippen LogP contribution in [-0.4, -0.2) is 9.97 Å². The van der Waals surface area contributed by atoms with E-state index in [1.54, 1.807) is 0 Å². The van der Waals surface area contributed by atoms with E-state index in [4.69, 9.17) is 9.97 Å². The van der Waals surface area contributed by atoms with E-state index in [-0.39, 0.29) is 5.41 Å². The van der Waals surface area contributed by atoms with E-state index in [1.807, 2.05) is 12.1 Å². The summed E-state index contributed by atoms with van der Waals surface area (Å²) in [6.45, 7) is 4.79. The van der Waals surface area contributed by atoms with Gasteiger partial charge in [0.1, 0.15) is 0 Å². The zero-order valence-corrected chi connectivity index (χ0v) is 28.6. The van der Waals surface area contributed by atoms with Crippen LogP contribution in [-0.2, 0) is 5.41 Å². The van der Waals surface area contributed by atoms with Gasteiger partial charge in [-0.15, -0.1) is 0 Å². The number of aromatic nitrogens is 2. The van der Waals surface area contributed by atoms with Crippen molar-refractivity contribution in [3.8, 4) is 56.2 Å². The van der Waals surface area contributed by atoms with Gasteiger partial charge in [-0.05, 0) is 90.0 Å². The molecule has 0 amide bonds. The van der Waals surface area contributed by atoms with Crippen LogP contribution < -0.4 is 0 Å². The predicted molar refractivity (Wildman–Crippen MR) is 214 cm³/mol. The number of hydrogen-bond acceptors (Lipinski definition) is 2. The lowest BCUT2D eigenvalue weighted by atomic mass is 9.79. The van der Waals surface area contributed by atoms with E-state index in [1.165, 1.54) is 65.7 Å². The van der Waals surface area contributed by atoms with Crippen molar-refractivity contribution in [2.75, 3.05) is 0 Å². The molecule has 10 rings (SSSR count). The van der Waals surface area contributed by atoms with Crippen LogP contribution in [0.3, 0.4) is 0 Å². The van der Waals surface area contributed by atoms with Gasteiger partial charge < -0.3 is 0 Å². The van der Waals surface area contributed by atoms with Gasteiger partial charge in [-0.1, -0.05) is 159 Å². The van der Waals surface area contributed by atoms with Gasteiger partial charge in [0.2, 0.25) is 0 Å². The van der Waals surface area contributed by atoms with Crippen molar-refractivity contribution >= 4 is 32.3 Å². The van der Waals surface area contributed by atoms with Crippen molar-refractivity contribution in [1.82, 2.24) is 9.97 Å². The second-order valence-electron chi connectivity index (χ2n) is 14.2. The Morgan fingerprint density at radius 2 is 0.922 bits per heavy atom. The third-order valence-electron chi connectivity index (χ3n) is 10.8. The van der Waals surface area contributed by atoms with Crippen molar-refractivity contribution in [2.24, 2.45) is 0 Å². The van der Waals surface area contributed by atoms with Crippen molar-refractivity contribution in [1.29, 1.82) is 0 Å². The number of rotatable bonds is 4. The smallest absolute Gasteiger partial charge is 0.160 e. The average Bonchev–Trinajstić information content (AvgIpc) is 3.43. The fraction of sp³-hybridized carbons (Fsp3) is 0.0612. The minimum atomic E-state index is -0.132. The lowest BCUT2D eigenvalue weighted by Gasteiger charge is -2.24. The maximum absolute atomic E-state index is 5.03. The lowest BCUT2D eigenvalue weighted by molar-refractivity contribution is 0.667. The molecule has 0 aliphatic heterocycles. The molecular formula is C49H34N2. The predicted octanol–water partition coefficient (Wildman–Crippen LogP) is 12.9. The first-order valence-corrected chi connectivity index (χ1v) is 17.7. The molecule has 9 aromatic rings. The van der Waals surface area contributed by atoms with Crippen LogP contribution in [0.4, 0.5) is 0 Å². The molecular weight excluding hydrogens is 617 g/mol. The summed E-state index contributed by atoms with van der Waals surface area (Å²) in [6.07, 6.45) is 0. The zero-order chi connectivity index (χ0) is 34.1. The van der Waals surface area contributed by atoms with Gasteiger partial charge in [-0.2, -0.15) is 0 Å². The fourth-order valence-electron chi connectivity index (χ4n) is 8.31. The maximum atomic E-state index is 5.03. The molecule has 1 aromatic heterocycles. The lowest BCUT2D eigenvalue weighted by Crippen LogP contribution is -2.15. The Morgan fingerprint density at radius 3 is 1.57 bits per heavy atom. The average molecular weight is 651 g/mol. The molecule has 2 heteroatoms. The molecule has 0 fully saturated rings. The molecule has 0 saturated carbocycles. The highest BCUT2D eigenvalue weighted by atomic mass is 14.9. The van der Waals surface area contributed by atoms with E-state index in [0.717, 1.165) is 33.9 Å². The Morgan fingerprint density at radius 1 is 0.392 bits per heavy atom. The van der Waals surface area contributed by atoms with Crippen LogP contribution in [0.15, 0.2) is 170 Å². The molecule has 1 aliphatic rings. The van der Waals surface area contributed by atoms with Crippen LogP contribution in [0.2, 0.25) is 0 Å². The standard InChI is InChI=1S/C49H34N2/c1-49(2)43-29-37-27-35(25-26-36(37)28-42(43)46-40-19-11-9-17-38(40)39-18-10-12-20-41(39)47(46)49)31-21-23-34(24-22-31)48-50-44(32-13-5-3-6-14-32)30-45(51-48)33-15-7-4-8-16-33/h3-30H,1-2H3. The Labute approximate surface area is 297 Å². The summed E-state index contributed by atoms with van der Waals surface area (Å²) in [5.41, 5.74) is 12.8. The fourth-order valence-corrected chi connectivity index (χ4v) is 8.31. The largest absolute Gasteiger partial charge is 0.228 e. The molecule has 0 unspecified atom stereocenters. The second kappa shape index (κ2) is 11.3. The van der Waals surface area contributed by atoms with Gasteiger partial charge in [-0.3, -0.25) is 0 Å². The van der Waals surface area contributed by atoms with E-state index in [2.05, 4.69) is 172 Å². The van der Waals surface area contributed by atoms with Crippen LogP contribution in [0.25, 0.3) is 88.5 Å². The first-order valence-electron chi connectivity index (χ1n) is 17.7. The van der Waals surface area contributed by atoms with Gasteiger partial charge in [0.25, 0.3) is 0 Å². The summed E-state index contributed by atoms with van der Waals surface area (Å²) in [4.78, 5) is 10.1. The Balaban J connectivity index is 1.06. The Bertz CT molecular complexity index is 2740. The number of benzene rings is 8. The normalized spacial score (nSPS) is 13.1. The Hall–Kier alpha value is -6.38. The summed E-state index contributed by atoms with van der Waals surface area (Å²) in [6, 6.07) is 61.0. The van der Waals surface area contributed by atoms with Crippen molar-refractivity contribution in [3.63, 3.8) is 0 Å². The van der Waals surface area contributed by atoms with Gasteiger partial charge >= 0.3 is 0 Å². The quantitative estimate of drug-likeness (QED) is 0.177. The molecule has 2 nitrogen and oxygen atoms in total. The van der Waals surface area contributed by atoms with Crippen LogP contribution in [0.5, 0.6) is 0 Å². The van der Waals surface area contributed by atoms with Crippen LogP contribution >= 0.6 is 0 Å². The molecule has 0 N–H and O–H groups in total. The molecule has 0 bridgehead atoms. The van der Waals surface area contributed by atoms with Gasteiger partial charge in [-0.25, -0.2) is 9.97 Å². The number of nitrogens with zero attached hydrogens (tertiary/aromatic N) is 2. The van der Waals surface area contributed by atoms with Gasteiger partial charge in [0.15, 0.2) is 5.82 Å². The second-order valence-corrected chi connectivity index (χ2v) is 14.2. The molecule has 0 atom stereocenters. The first kappa shape index (κ1) is 29.5. The maximum Gasteiger partial charge on any atom is 0.160 e. The van der Waals surface area contributed by atoms with Crippen molar-refractivity contribution in [3.05, 3.63) is 181 Å². The number of hydrogen-bond donors (Lipinski definition) is 0. The monoisotopic (exact) mass is 650 g/mol. The SMILES string of the molecule is CC1(C)c2cc3cc(-c4ccc(-c5nc(-c6ccccc6)cc(-c6ccccc6)n5)cc4)ccc3cc2-c2c1c1ccccc1c1ccccc21. The molecule has 1 aliphatic carbocycles. The highest BCUT2D eigenvalue weighted by Crippen LogP contribution is 2.55. The van der Waals surface area contributed by atoms with E-state index >= 15 is 0 Å². The first-order chi connectivity index (χ1) is 25.0. The van der Waals surface area contributed by atoms with Crippen molar-refractivity contribution < 1.29 is 0 Å². The molecule has 0 spiro atoms. The molecule has 8 aromatic carbocycles. The highest BCUT2D eigenvalue weighted by molar-refractivity contribution is 6.19. The minimum absolute atomic E-state index is 0.132. The summed E-state index contributed by atoms with van der Waals surface area (Å²) >= 11 is 0. The third-order valence-corrected chi connectivity index (χ3v) is 10.8. The Kier molecular flexibility index (Phi) is 6.56. The summed E-state index contributed by atoms with van der Waals surface area (Å²) in [7, 11) is 0. The molecule has 51 heavy (non-hydrogen) atoms. The molecule has 0 saturated heterocycles. The van der Waals surface area contributed by atoms with Crippen LogP contribution in [0.1, 0.15) is 25.0 Å². The summed E-state index contributed by atoms with van der Waals surface area (Å²) in [5.74, 6) is 0.720. The third kappa shape index (κ3) is 4.71. The van der Waals surface area contributed by atoms with Gasteiger partial charge in [0.05, 0.1) is 11.4 Å².